The zero-order valence-electron chi connectivity index (χ0n) is 12.6. The first-order valence-electron chi connectivity index (χ1n) is 6.80. The van der Waals surface area contributed by atoms with Gasteiger partial charge in [-0.25, -0.2) is 0 Å². The normalized spacial score (nSPS) is 15.5. The van der Waals surface area contributed by atoms with Crippen LogP contribution in [0.15, 0.2) is 24.3 Å². The van der Waals surface area contributed by atoms with E-state index >= 15 is 0 Å². The number of carbonyl (C=O) groups excluding carboxylic acids is 1. The smallest absolute Gasteiger partial charge is 0.242 e. The van der Waals surface area contributed by atoms with Crippen molar-refractivity contribution in [2.24, 2.45) is 0 Å². The van der Waals surface area contributed by atoms with Crippen molar-refractivity contribution >= 4 is 29.7 Å². The van der Waals surface area contributed by atoms with Crippen LogP contribution in [0.25, 0.3) is 0 Å². The van der Waals surface area contributed by atoms with E-state index in [1.807, 2.05) is 39.8 Å². The molecule has 0 radical (unpaired) electrons. The van der Waals surface area contributed by atoms with Crippen LogP contribution in [0.4, 0.5) is 11.4 Å². The summed E-state index contributed by atoms with van der Waals surface area (Å²) in [7, 11) is 0. The second-order valence-electron chi connectivity index (χ2n) is 6.05. The summed E-state index contributed by atoms with van der Waals surface area (Å²) in [6.45, 7) is 9.68. The van der Waals surface area contributed by atoms with Gasteiger partial charge in [0.25, 0.3) is 0 Å². The molecule has 1 aliphatic heterocycles. The largest absolute Gasteiger partial charge is 0.382 e. The molecule has 1 aromatic carbocycles. The van der Waals surface area contributed by atoms with Gasteiger partial charge in [-0.05, 0) is 39.8 Å². The topological polar surface area (TPSA) is 44.4 Å². The molecule has 4 nitrogen and oxygen atoms in total. The predicted molar refractivity (Wildman–Crippen MR) is 86.9 cm³/mol. The Bertz CT molecular complexity index is 470. The van der Waals surface area contributed by atoms with Crippen molar-refractivity contribution in [3.63, 3.8) is 0 Å². The van der Waals surface area contributed by atoms with Crippen molar-refractivity contribution < 1.29 is 4.79 Å². The van der Waals surface area contributed by atoms with Crippen molar-refractivity contribution in [1.82, 2.24) is 5.32 Å². The molecule has 1 aromatic rings. The number of halogens is 1. The molecule has 0 saturated carbocycles. The molecule has 0 bridgehead atoms. The number of nitrogens with one attached hydrogen (secondary N) is 2. The SMILES string of the molecule is CC(C(=O)NC(C)(C)C)N1CCNc2ccccc21.Cl. The van der Waals surface area contributed by atoms with E-state index in [1.54, 1.807) is 0 Å². The van der Waals surface area contributed by atoms with Gasteiger partial charge in [0.2, 0.25) is 5.91 Å². The Balaban J connectivity index is 0.00000200. The highest BCUT2D eigenvalue weighted by molar-refractivity contribution is 5.87. The summed E-state index contributed by atoms with van der Waals surface area (Å²) in [5.74, 6) is 0.0733. The summed E-state index contributed by atoms with van der Waals surface area (Å²) in [4.78, 5) is 14.5. The summed E-state index contributed by atoms with van der Waals surface area (Å²) < 4.78 is 0. The van der Waals surface area contributed by atoms with Crippen LogP contribution in [0, 0.1) is 0 Å². The van der Waals surface area contributed by atoms with Gasteiger partial charge in [-0.3, -0.25) is 4.79 Å². The fourth-order valence-electron chi connectivity index (χ4n) is 2.32. The minimum Gasteiger partial charge on any atom is -0.382 e. The standard InChI is InChI=1S/C15H23N3O.ClH/c1-11(14(19)17-15(2,3)4)18-10-9-16-12-7-5-6-8-13(12)18;/h5-8,11,16H,9-10H2,1-4H3,(H,17,19);1H. The first-order chi connectivity index (χ1) is 8.88. The number of hydrogen-bond donors (Lipinski definition) is 2. The lowest BCUT2D eigenvalue weighted by molar-refractivity contribution is -0.123. The maximum absolute atomic E-state index is 12.3. The summed E-state index contributed by atoms with van der Waals surface area (Å²) >= 11 is 0. The van der Waals surface area contributed by atoms with Crippen LogP contribution in [-0.2, 0) is 4.79 Å². The van der Waals surface area contributed by atoms with Crippen LogP contribution in [0.5, 0.6) is 0 Å². The van der Waals surface area contributed by atoms with Crippen LogP contribution < -0.4 is 15.5 Å². The lowest BCUT2D eigenvalue weighted by Crippen LogP contribution is -2.53. The van der Waals surface area contributed by atoms with Crippen LogP contribution in [0.3, 0.4) is 0 Å². The highest BCUT2D eigenvalue weighted by Gasteiger charge is 2.27. The van der Waals surface area contributed by atoms with Crippen molar-refractivity contribution in [3.8, 4) is 0 Å². The van der Waals surface area contributed by atoms with E-state index in [2.05, 4.69) is 27.7 Å². The molecule has 0 aromatic heterocycles. The van der Waals surface area contributed by atoms with Gasteiger partial charge in [-0.2, -0.15) is 0 Å². The Kier molecular flexibility index (Phi) is 5.28. The van der Waals surface area contributed by atoms with Crippen molar-refractivity contribution in [2.75, 3.05) is 23.3 Å². The van der Waals surface area contributed by atoms with E-state index in [9.17, 15) is 4.79 Å². The molecule has 1 atom stereocenters. The molecule has 2 rings (SSSR count). The molecule has 0 fully saturated rings. The second-order valence-corrected chi connectivity index (χ2v) is 6.05. The molecule has 20 heavy (non-hydrogen) atoms. The molecule has 1 heterocycles. The average Bonchev–Trinajstić information content (AvgIpc) is 2.35. The number of rotatable bonds is 2. The minimum absolute atomic E-state index is 0. The lowest BCUT2D eigenvalue weighted by atomic mass is 10.1. The zero-order chi connectivity index (χ0) is 14.0. The second kappa shape index (κ2) is 6.35. The Morgan fingerprint density at radius 1 is 1.35 bits per heavy atom. The first-order valence-corrected chi connectivity index (χ1v) is 6.80. The van der Waals surface area contributed by atoms with Crippen molar-refractivity contribution in [1.29, 1.82) is 0 Å². The van der Waals surface area contributed by atoms with Crippen molar-refractivity contribution in [2.45, 2.75) is 39.3 Å². The number of nitrogens with zero attached hydrogens (tertiary/aromatic N) is 1. The number of carbonyl (C=O) groups is 1. The molecular weight excluding hydrogens is 274 g/mol. The minimum atomic E-state index is -0.196. The highest BCUT2D eigenvalue weighted by atomic mass is 35.5. The zero-order valence-corrected chi connectivity index (χ0v) is 13.4. The van der Waals surface area contributed by atoms with Crippen LogP contribution >= 0.6 is 12.4 Å². The lowest BCUT2D eigenvalue weighted by Gasteiger charge is -2.37. The van der Waals surface area contributed by atoms with E-state index in [0.29, 0.717) is 0 Å². The maximum atomic E-state index is 12.3. The van der Waals surface area contributed by atoms with Gasteiger partial charge in [0, 0.05) is 18.6 Å². The Labute approximate surface area is 127 Å². The van der Waals surface area contributed by atoms with E-state index in [0.717, 1.165) is 24.5 Å². The fraction of sp³-hybridized carbons (Fsp3) is 0.533. The number of hydrogen-bond acceptors (Lipinski definition) is 3. The summed E-state index contributed by atoms with van der Waals surface area (Å²) in [5, 5.41) is 6.41. The number of fused-ring (bicyclic) bond motifs is 1. The monoisotopic (exact) mass is 297 g/mol. The molecule has 0 spiro atoms. The number of anilines is 2. The van der Waals surface area contributed by atoms with Gasteiger partial charge in [-0.15, -0.1) is 12.4 Å². The van der Waals surface area contributed by atoms with Gasteiger partial charge in [0.15, 0.2) is 0 Å². The Morgan fingerprint density at radius 3 is 2.65 bits per heavy atom. The van der Waals surface area contributed by atoms with Gasteiger partial charge in [-0.1, -0.05) is 12.1 Å². The molecular formula is C15H24ClN3O. The van der Waals surface area contributed by atoms with Crippen LogP contribution in [0.2, 0.25) is 0 Å². The molecule has 1 unspecified atom stereocenters. The molecule has 0 aliphatic carbocycles. The highest BCUT2D eigenvalue weighted by Crippen LogP contribution is 2.29. The molecule has 2 N–H and O–H groups in total. The van der Waals surface area contributed by atoms with E-state index < -0.39 is 0 Å². The molecule has 1 amide bonds. The van der Waals surface area contributed by atoms with Gasteiger partial charge < -0.3 is 15.5 Å². The van der Waals surface area contributed by atoms with Gasteiger partial charge >= 0.3 is 0 Å². The third-order valence-corrected chi connectivity index (χ3v) is 3.23. The quantitative estimate of drug-likeness (QED) is 0.882. The Hall–Kier alpha value is -1.42. The van der Waals surface area contributed by atoms with Gasteiger partial charge in [0.1, 0.15) is 6.04 Å². The first kappa shape index (κ1) is 16.6. The van der Waals surface area contributed by atoms with Crippen molar-refractivity contribution in [3.05, 3.63) is 24.3 Å². The van der Waals surface area contributed by atoms with E-state index in [4.69, 9.17) is 0 Å². The number of amides is 1. The predicted octanol–water partition coefficient (Wildman–Crippen LogP) is 2.64. The van der Waals surface area contributed by atoms with E-state index in [-0.39, 0.29) is 29.9 Å². The molecule has 1 aliphatic rings. The molecule has 0 saturated heterocycles. The number of benzene rings is 1. The van der Waals surface area contributed by atoms with Crippen LogP contribution in [-0.4, -0.2) is 30.6 Å². The van der Waals surface area contributed by atoms with Gasteiger partial charge in [0.05, 0.1) is 11.4 Å². The van der Waals surface area contributed by atoms with E-state index in [1.165, 1.54) is 0 Å². The summed E-state index contributed by atoms with van der Waals surface area (Å²) in [6.07, 6.45) is 0. The summed E-state index contributed by atoms with van der Waals surface area (Å²) in [6, 6.07) is 7.96. The van der Waals surface area contributed by atoms with Crippen LogP contribution in [0.1, 0.15) is 27.7 Å². The summed E-state index contributed by atoms with van der Waals surface area (Å²) in [5.41, 5.74) is 2.01. The maximum Gasteiger partial charge on any atom is 0.242 e. The molecule has 5 heteroatoms. The average molecular weight is 298 g/mol. The third kappa shape index (κ3) is 3.79. The Morgan fingerprint density at radius 2 is 2.00 bits per heavy atom. The third-order valence-electron chi connectivity index (χ3n) is 3.23. The number of para-hydroxylation sites is 2. The fourth-order valence-corrected chi connectivity index (χ4v) is 2.32. The molecule has 112 valence electrons.